The molecule has 0 aromatic rings. The second-order valence-corrected chi connectivity index (χ2v) is 8.20. The van der Waals surface area contributed by atoms with Gasteiger partial charge in [-0.15, -0.1) is 24.0 Å². The Morgan fingerprint density at radius 1 is 1.15 bits per heavy atom. The van der Waals surface area contributed by atoms with Crippen LogP contribution in [-0.2, 0) is 0 Å². The highest BCUT2D eigenvalue weighted by Crippen LogP contribution is 2.20. The predicted octanol–water partition coefficient (Wildman–Crippen LogP) is 3.01. The van der Waals surface area contributed by atoms with Crippen molar-refractivity contribution in [2.45, 2.75) is 66.0 Å². The number of hydrogen-bond acceptors (Lipinski definition) is 3. The first-order valence-corrected chi connectivity index (χ1v) is 10.5. The van der Waals surface area contributed by atoms with Crippen molar-refractivity contribution < 1.29 is 0 Å². The lowest BCUT2D eigenvalue weighted by Crippen LogP contribution is -2.47. The van der Waals surface area contributed by atoms with E-state index in [2.05, 4.69) is 55.1 Å². The minimum absolute atomic E-state index is 0. The molecular formula is C20H42IN5. The van der Waals surface area contributed by atoms with E-state index in [-0.39, 0.29) is 24.0 Å². The molecule has 2 unspecified atom stereocenters. The van der Waals surface area contributed by atoms with Crippen LogP contribution in [0.25, 0.3) is 0 Å². The summed E-state index contributed by atoms with van der Waals surface area (Å²) in [6.07, 6.45) is 3.92. The highest BCUT2D eigenvalue weighted by Gasteiger charge is 2.31. The Morgan fingerprint density at radius 2 is 1.85 bits per heavy atom. The minimum atomic E-state index is 0. The summed E-state index contributed by atoms with van der Waals surface area (Å²) in [6.45, 7) is 19.3. The van der Waals surface area contributed by atoms with Crippen LogP contribution < -0.4 is 10.6 Å². The lowest BCUT2D eigenvalue weighted by molar-refractivity contribution is 0.188. The molecule has 2 rings (SSSR count). The molecule has 26 heavy (non-hydrogen) atoms. The van der Waals surface area contributed by atoms with Crippen molar-refractivity contribution >= 4 is 29.9 Å². The van der Waals surface area contributed by atoms with Crippen molar-refractivity contribution in [3.63, 3.8) is 0 Å². The summed E-state index contributed by atoms with van der Waals surface area (Å²) in [5.74, 6) is 2.54. The largest absolute Gasteiger partial charge is 0.357 e. The predicted molar refractivity (Wildman–Crippen MR) is 124 cm³/mol. The lowest BCUT2D eigenvalue weighted by Gasteiger charge is -2.30. The van der Waals surface area contributed by atoms with E-state index in [9.17, 15) is 0 Å². The van der Waals surface area contributed by atoms with Gasteiger partial charge in [0.25, 0.3) is 0 Å². The molecule has 2 aliphatic heterocycles. The Balaban J connectivity index is 0.00000338. The number of piperidine rings is 1. The molecule has 2 saturated heterocycles. The first-order chi connectivity index (χ1) is 12.0. The Morgan fingerprint density at radius 3 is 2.38 bits per heavy atom. The summed E-state index contributed by atoms with van der Waals surface area (Å²) in [6, 6.07) is 1.13. The van der Waals surface area contributed by atoms with Gasteiger partial charge in [-0.05, 0) is 71.5 Å². The summed E-state index contributed by atoms with van der Waals surface area (Å²) in [5.41, 5.74) is 0. The highest BCUT2D eigenvalue weighted by atomic mass is 127. The second-order valence-electron chi connectivity index (χ2n) is 8.20. The first kappa shape index (κ1) is 24.0. The molecule has 0 aliphatic carbocycles. The average Bonchev–Trinajstić information content (AvgIpc) is 2.97. The van der Waals surface area contributed by atoms with Gasteiger partial charge in [-0.3, -0.25) is 9.89 Å². The zero-order valence-electron chi connectivity index (χ0n) is 17.6. The summed E-state index contributed by atoms with van der Waals surface area (Å²) in [4.78, 5) is 10.0. The number of likely N-dealkylation sites (tertiary alicyclic amines) is 2. The molecule has 0 spiro atoms. The monoisotopic (exact) mass is 479 g/mol. The molecule has 2 N–H and O–H groups in total. The van der Waals surface area contributed by atoms with E-state index in [4.69, 9.17) is 4.99 Å². The maximum atomic E-state index is 4.88. The topological polar surface area (TPSA) is 42.9 Å². The van der Waals surface area contributed by atoms with Gasteiger partial charge in [0, 0.05) is 38.3 Å². The number of nitrogens with zero attached hydrogens (tertiary/aromatic N) is 3. The minimum Gasteiger partial charge on any atom is -0.357 e. The standard InChI is InChI=1S/C20H41N5.HI/c1-6-21-20(23-19-15-25(16(3)4)14-17(19)5)22-11-8-18-9-12-24(7-2)13-10-18;/h16-19H,6-15H2,1-5H3,(H2,21,22,23);1H. The van der Waals surface area contributed by atoms with Gasteiger partial charge in [-0.2, -0.15) is 0 Å². The molecule has 0 bridgehead atoms. The molecule has 2 atom stereocenters. The van der Waals surface area contributed by atoms with Gasteiger partial charge in [-0.1, -0.05) is 13.8 Å². The Hall–Kier alpha value is -0.0800. The van der Waals surface area contributed by atoms with Crippen LogP contribution in [0.3, 0.4) is 0 Å². The third-order valence-corrected chi connectivity index (χ3v) is 6.00. The van der Waals surface area contributed by atoms with E-state index in [0.717, 1.165) is 31.5 Å². The van der Waals surface area contributed by atoms with E-state index in [1.54, 1.807) is 0 Å². The summed E-state index contributed by atoms with van der Waals surface area (Å²) in [5, 5.41) is 7.13. The number of rotatable bonds is 7. The SMILES string of the molecule is CCNC(=NCCC1CCN(CC)CC1)NC1CN(C(C)C)CC1C.I. The van der Waals surface area contributed by atoms with Crippen molar-refractivity contribution in [3.05, 3.63) is 0 Å². The molecule has 0 amide bonds. The van der Waals surface area contributed by atoms with Gasteiger partial charge in [0.15, 0.2) is 5.96 Å². The van der Waals surface area contributed by atoms with Gasteiger partial charge in [0.1, 0.15) is 0 Å². The van der Waals surface area contributed by atoms with Crippen LogP contribution >= 0.6 is 24.0 Å². The van der Waals surface area contributed by atoms with Crippen LogP contribution in [0.4, 0.5) is 0 Å². The van der Waals surface area contributed by atoms with Crippen molar-refractivity contribution in [1.29, 1.82) is 0 Å². The van der Waals surface area contributed by atoms with Crippen LogP contribution in [0.2, 0.25) is 0 Å². The van der Waals surface area contributed by atoms with Crippen LogP contribution in [0, 0.1) is 11.8 Å². The summed E-state index contributed by atoms with van der Waals surface area (Å²) < 4.78 is 0. The summed E-state index contributed by atoms with van der Waals surface area (Å²) in [7, 11) is 0. The fraction of sp³-hybridized carbons (Fsp3) is 0.950. The van der Waals surface area contributed by atoms with E-state index < -0.39 is 0 Å². The lowest BCUT2D eigenvalue weighted by atomic mass is 9.94. The molecule has 2 aliphatic rings. The molecule has 0 aromatic carbocycles. The van der Waals surface area contributed by atoms with Crippen molar-refractivity contribution in [3.8, 4) is 0 Å². The van der Waals surface area contributed by atoms with Crippen molar-refractivity contribution in [2.24, 2.45) is 16.8 Å². The quantitative estimate of drug-likeness (QED) is 0.335. The number of guanidine groups is 1. The van der Waals surface area contributed by atoms with E-state index in [1.807, 2.05) is 0 Å². The average molecular weight is 479 g/mol. The Labute approximate surface area is 178 Å². The number of hydrogen-bond donors (Lipinski definition) is 2. The normalized spacial score (nSPS) is 26.2. The van der Waals surface area contributed by atoms with E-state index >= 15 is 0 Å². The van der Waals surface area contributed by atoms with Gasteiger partial charge >= 0.3 is 0 Å². The molecule has 2 heterocycles. The van der Waals surface area contributed by atoms with Gasteiger partial charge < -0.3 is 15.5 Å². The number of nitrogens with one attached hydrogen (secondary N) is 2. The molecule has 2 fully saturated rings. The Kier molecular flexibility index (Phi) is 11.4. The van der Waals surface area contributed by atoms with Gasteiger partial charge in [-0.25, -0.2) is 0 Å². The summed E-state index contributed by atoms with van der Waals surface area (Å²) >= 11 is 0. The van der Waals surface area contributed by atoms with E-state index in [0.29, 0.717) is 18.0 Å². The fourth-order valence-corrected chi connectivity index (χ4v) is 4.06. The van der Waals surface area contributed by atoms with Crippen LogP contribution in [0.15, 0.2) is 4.99 Å². The van der Waals surface area contributed by atoms with Crippen LogP contribution in [0.5, 0.6) is 0 Å². The molecule has 154 valence electrons. The molecule has 0 radical (unpaired) electrons. The molecule has 0 saturated carbocycles. The van der Waals surface area contributed by atoms with Gasteiger partial charge in [0.2, 0.25) is 0 Å². The smallest absolute Gasteiger partial charge is 0.191 e. The van der Waals surface area contributed by atoms with Crippen LogP contribution in [0.1, 0.15) is 53.9 Å². The zero-order chi connectivity index (χ0) is 18.2. The second kappa shape index (κ2) is 12.4. The molecule has 0 aromatic heterocycles. The third kappa shape index (κ3) is 7.50. The molecular weight excluding hydrogens is 437 g/mol. The zero-order valence-corrected chi connectivity index (χ0v) is 20.0. The first-order valence-electron chi connectivity index (χ1n) is 10.5. The maximum Gasteiger partial charge on any atom is 0.191 e. The Bertz CT molecular complexity index is 407. The maximum absolute atomic E-state index is 4.88. The van der Waals surface area contributed by atoms with Crippen LogP contribution in [-0.4, -0.2) is 73.7 Å². The molecule has 6 heteroatoms. The number of halogens is 1. The third-order valence-electron chi connectivity index (χ3n) is 6.00. The van der Waals surface area contributed by atoms with Gasteiger partial charge in [0.05, 0.1) is 0 Å². The highest BCUT2D eigenvalue weighted by molar-refractivity contribution is 14.0. The van der Waals surface area contributed by atoms with E-state index in [1.165, 1.54) is 45.4 Å². The van der Waals surface area contributed by atoms with Crippen molar-refractivity contribution in [1.82, 2.24) is 20.4 Å². The fourth-order valence-electron chi connectivity index (χ4n) is 4.06. The number of aliphatic imine (C=N–C) groups is 1. The molecule has 5 nitrogen and oxygen atoms in total. The van der Waals surface area contributed by atoms with Crippen molar-refractivity contribution in [2.75, 3.05) is 45.8 Å².